The molecule has 0 saturated heterocycles. The molecule has 3 N–H and O–H groups in total. The number of hydrogen-bond donors (Lipinski definition) is 2. The second kappa shape index (κ2) is 4.97. The molecule has 1 heterocycles. The Morgan fingerprint density at radius 1 is 1.11 bits per heavy atom. The monoisotopic (exact) mass is 245 g/mol. The van der Waals surface area contributed by atoms with Gasteiger partial charge in [0.05, 0.1) is 0 Å². The summed E-state index contributed by atoms with van der Waals surface area (Å²) in [5.41, 5.74) is 6.33. The van der Waals surface area contributed by atoms with Crippen molar-refractivity contribution in [2.45, 2.75) is 6.10 Å². The molecule has 2 rings (SSSR count). The quantitative estimate of drug-likeness (QED) is 0.823. The Morgan fingerprint density at radius 2 is 1.78 bits per heavy atom. The summed E-state index contributed by atoms with van der Waals surface area (Å²) in [7, 11) is 3.60. The van der Waals surface area contributed by atoms with Crippen LogP contribution in [0.5, 0.6) is 0 Å². The van der Waals surface area contributed by atoms with Gasteiger partial charge in [0.25, 0.3) is 0 Å². The molecule has 1 aromatic carbocycles. The SMILES string of the molecule is CN(C)c1nc(N)nc(C(O)c2ccccc2)n1. The molecule has 0 aliphatic carbocycles. The van der Waals surface area contributed by atoms with Crippen LogP contribution in [0.4, 0.5) is 11.9 Å². The molecule has 0 radical (unpaired) electrons. The number of hydrogen-bond acceptors (Lipinski definition) is 6. The van der Waals surface area contributed by atoms with E-state index in [1.54, 1.807) is 31.1 Å². The van der Waals surface area contributed by atoms with E-state index < -0.39 is 6.10 Å². The summed E-state index contributed by atoms with van der Waals surface area (Å²) in [6, 6.07) is 9.18. The Bertz CT molecular complexity index is 529. The number of nitrogens with zero attached hydrogens (tertiary/aromatic N) is 4. The summed E-state index contributed by atoms with van der Waals surface area (Å²) < 4.78 is 0. The van der Waals surface area contributed by atoms with E-state index in [9.17, 15) is 5.11 Å². The van der Waals surface area contributed by atoms with Crippen molar-refractivity contribution in [2.75, 3.05) is 24.7 Å². The molecule has 0 fully saturated rings. The van der Waals surface area contributed by atoms with Gasteiger partial charge >= 0.3 is 0 Å². The van der Waals surface area contributed by atoms with E-state index in [2.05, 4.69) is 15.0 Å². The van der Waals surface area contributed by atoms with Crippen molar-refractivity contribution in [3.05, 3.63) is 41.7 Å². The summed E-state index contributed by atoms with van der Waals surface area (Å²) in [6.45, 7) is 0. The molecule has 0 spiro atoms. The summed E-state index contributed by atoms with van der Waals surface area (Å²) in [5.74, 6) is 0.767. The lowest BCUT2D eigenvalue weighted by Crippen LogP contribution is -2.17. The van der Waals surface area contributed by atoms with Gasteiger partial charge in [-0.15, -0.1) is 0 Å². The third-order valence-corrected chi connectivity index (χ3v) is 2.42. The summed E-state index contributed by atoms with van der Waals surface area (Å²) in [6.07, 6.45) is -0.907. The topological polar surface area (TPSA) is 88.2 Å². The van der Waals surface area contributed by atoms with Gasteiger partial charge in [0.2, 0.25) is 11.9 Å². The maximum Gasteiger partial charge on any atom is 0.229 e. The fourth-order valence-electron chi connectivity index (χ4n) is 1.50. The van der Waals surface area contributed by atoms with E-state index in [0.717, 1.165) is 0 Å². The molecule has 0 aliphatic heterocycles. The Balaban J connectivity index is 2.39. The first kappa shape index (κ1) is 12.3. The number of nitrogens with two attached hydrogens (primary N) is 1. The van der Waals surface area contributed by atoms with E-state index in [-0.39, 0.29) is 11.8 Å². The molecule has 0 bridgehead atoms. The third-order valence-electron chi connectivity index (χ3n) is 2.42. The first-order valence-electron chi connectivity index (χ1n) is 5.49. The van der Waals surface area contributed by atoms with E-state index in [1.165, 1.54) is 0 Å². The number of aromatic nitrogens is 3. The number of anilines is 2. The highest BCUT2D eigenvalue weighted by atomic mass is 16.3. The number of benzene rings is 1. The van der Waals surface area contributed by atoms with Gasteiger partial charge in [-0.25, -0.2) is 0 Å². The molecule has 1 atom stereocenters. The Kier molecular flexibility index (Phi) is 3.38. The van der Waals surface area contributed by atoms with Crippen LogP contribution in [0.2, 0.25) is 0 Å². The number of aliphatic hydroxyl groups is 1. The van der Waals surface area contributed by atoms with Crippen molar-refractivity contribution in [1.82, 2.24) is 15.0 Å². The lowest BCUT2D eigenvalue weighted by molar-refractivity contribution is 0.210. The zero-order valence-corrected chi connectivity index (χ0v) is 10.3. The summed E-state index contributed by atoms with van der Waals surface area (Å²) in [4.78, 5) is 13.8. The molecule has 1 unspecified atom stereocenters. The van der Waals surface area contributed by atoms with Crippen LogP contribution in [0.3, 0.4) is 0 Å². The van der Waals surface area contributed by atoms with E-state index in [0.29, 0.717) is 11.5 Å². The molecular formula is C12H15N5O. The minimum atomic E-state index is -0.907. The van der Waals surface area contributed by atoms with Gasteiger partial charge in [0.15, 0.2) is 5.82 Å². The summed E-state index contributed by atoms with van der Waals surface area (Å²) >= 11 is 0. The minimum absolute atomic E-state index is 0.0960. The van der Waals surface area contributed by atoms with Gasteiger partial charge in [-0.05, 0) is 5.56 Å². The maximum atomic E-state index is 10.2. The standard InChI is InChI=1S/C12H15N5O/c1-17(2)12-15-10(14-11(13)16-12)9(18)8-6-4-3-5-7-8/h3-7,9,18H,1-2H3,(H2,13,14,15,16). The Hall–Kier alpha value is -2.21. The molecule has 0 saturated carbocycles. The third kappa shape index (κ3) is 2.54. The van der Waals surface area contributed by atoms with Crippen LogP contribution >= 0.6 is 0 Å². The molecule has 6 nitrogen and oxygen atoms in total. The fraction of sp³-hybridized carbons (Fsp3) is 0.250. The average molecular weight is 245 g/mol. The van der Waals surface area contributed by atoms with Crippen molar-refractivity contribution < 1.29 is 5.11 Å². The molecule has 6 heteroatoms. The van der Waals surface area contributed by atoms with E-state index >= 15 is 0 Å². The highest BCUT2D eigenvalue weighted by Gasteiger charge is 2.16. The van der Waals surface area contributed by atoms with Gasteiger partial charge in [-0.3, -0.25) is 0 Å². The van der Waals surface area contributed by atoms with E-state index in [4.69, 9.17) is 5.73 Å². The van der Waals surface area contributed by atoms with Crippen molar-refractivity contribution in [3.8, 4) is 0 Å². The first-order chi connectivity index (χ1) is 8.58. The van der Waals surface area contributed by atoms with Crippen molar-refractivity contribution in [3.63, 3.8) is 0 Å². The zero-order valence-electron chi connectivity index (χ0n) is 10.3. The second-order valence-electron chi connectivity index (χ2n) is 4.06. The van der Waals surface area contributed by atoms with Gasteiger partial charge < -0.3 is 15.7 Å². The second-order valence-corrected chi connectivity index (χ2v) is 4.06. The predicted molar refractivity (Wildman–Crippen MR) is 69.1 cm³/mol. The fourth-order valence-corrected chi connectivity index (χ4v) is 1.50. The molecule has 1 aromatic heterocycles. The van der Waals surface area contributed by atoms with Crippen molar-refractivity contribution >= 4 is 11.9 Å². The zero-order chi connectivity index (χ0) is 13.1. The number of nitrogen functional groups attached to an aromatic ring is 1. The molecule has 0 amide bonds. The molecular weight excluding hydrogens is 230 g/mol. The van der Waals surface area contributed by atoms with Gasteiger partial charge in [0, 0.05) is 14.1 Å². The highest BCUT2D eigenvalue weighted by Crippen LogP contribution is 2.20. The van der Waals surface area contributed by atoms with Gasteiger partial charge in [-0.1, -0.05) is 30.3 Å². The Labute approximate surface area is 105 Å². The maximum absolute atomic E-state index is 10.2. The lowest BCUT2D eigenvalue weighted by atomic mass is 10.1. The lowest BCUT2D eigenvalue weighted by Gasteiger charge is -2.14. The number of rotatable bonds is 3. The molecule has 94 valence electrons. The van der Waals surface area contributed by atoms with Crippen molar-refractivity contribution in [2.24, 2.45) is 0 Å². The van der Waals surface area contributed by atoms with Crippen LogP contribution < -0.4 is 10.6 Å². The van der Waals surface area contributed by atoms with Crippen LogP contribution in [0, 0.1) is 0 Å². The molecule has 2 aromatic rings. The van der Waals surface area contributed by atoms with Crippen LogP contribution in [-0.4, -0.2) is 34.2 Å². The first-order valence-corrected chi connectivity index (χ1v) is 5.49. The Morgan fingerprint density at radius 3 is 2.39 bits per heavy atom. The predicted octanol–water partition coefficient (Wildman–Crippen LogP) is 0.601. The van der Waals surface area contributed by atoms with Crippen LogP contribution in [-0.2, 0) is 0 Å². The van der Waals surface area contributed by atoms with Crippen LogP contribution in [0.25, 0.3) is 0 Å². The molecule has 0 aliphatic rings. The van der Waals surface area contributed by atoms with E-state index in [1.807, 2.05) is 18.2 Å². The highest BCUT2D eigenvalue weighted by molar-refractivity contribution is 5.34. The normalized spacial score (nSPS) is 12.2. The van der Waals surface area contributed by atoms with Gasteiger partial charge in [0.1, 0.15) is 6.10 Å². The average Bonchev–Trinajstić information content (AvgIpc) is 2.38. The number of aliphatic hydroxyl groups excluding tert-OH is 1. The summed E-state index contributed by atoms with van der Waals surface area (Å²) in [5, 5.41) is 10.2. The van der Waals surface area contributed by atoms with Crippen LogP contribution in [0.15, 0.2) is 30.3 Å². The minimum Gasteiger partial charge on any atom is -0.380 e. The smallest absolute Gasteiger partial charge is 0.229 e. The molecule has 18 heavy (non-hydrogen) atoms. The largest absolute Gasteiger partial charge is 0.380 e. The van der Waals surface area contributed by atoms with Gasteiger partial charge in [-0.2, -0.15) is 15.0 Å². The van der Waals surface area contributed by atoms with Crippen LogP contribution in [0.1, 0.15) is 17.5 Å². The van der Waals surface area contributed by atoms with Crippen molar-refractivity contribution in [1.29, 1.82) is 0 Å².